The number of alkyl halides is 3. The van der Waals surface area contributed by atoms with Crippen LogP contribution in [0, 0.1) is 0 Å². The van der Waals surface area contributed by atoms with E-state index < -0.39 is 28.1 Å². The molecule has 10 nitrogen and oxygen atoms in total. The van der Waals surface area contributed by atoms with E-state index >= 15 is 0 Å². The van der Waals surface area contributed by atoms with Crippen molar-refractivity contribution in [3.63, 3.8) is 0 Å². The number of hydrogen-bond donors (Lipinski definition) is 3. The monoisotopic (exact) mass is 512 g/mol. The van der Waals surface area contributed by atoms with E-state index in [1.807, 2.05) is 30.8 Å². The Kier molecular flexibility index (Phi) is 10.1. The summed E-state index contributed by atoms with van der Waals surface area (Å²) < 4.78 is 58.9. The number of thiophene rings is 1. The highest BCUT2D eigenvalue weighted by atomic mass is 32.2. The number of halogens is 3. The number of likely N-dealkylation sites (N-methyl/N-ethyl adjacent to an activating group) is 2. The Balaban J connectivity index is 0.000000675. The molecule has 0 aromatic carbocycles. The van der Waals surface area contributed by atoms with Gasteiger partial charge in [0.25, 0.3) is 10.0 Å². The summed E-state index contributed by atoms with van der Waals surface area (Å²) in [5.41, 5.74) is 0.0696. The second kappa shape index (κ2) is 11.8. The highest BCUT2D eigenvalue weighted by molar-refractivity contribution is 7.94. The molecule has 0 radical (unpaired) electrons. The van der Waals surface area contributed by atoms with Gasteiger partial charge in [-0.3, -0.25) is 4.72 Å². The molecular weight excluding hydrogens is 489 g/mol. The summed E-state index contributed by atoms with van der Waals surface area (Å²) in [6.07, 6.45) is -3.74. The molecule has 0 saturated heterocycles. The number of carboxylic acids is 2. The number of pyridine rings is 1. The van der Waals surface area contributed by atoms with E-state index in [9.17, 15) is 31.5 Å². The standard InChI is InChI=1S/C16H22N4O4S2.C2HF3O2/c1-4-20(8-7-19(2)3)15-13(16(21)22)10-12(11-17-15)18-26(23,24)14-6-5-9-25-14;3-2(4,5)1(6)7/h5-6,9-11,18H,4,7-8H2,1-3H3,(H,21,22);(H,6,7). The van der Waals surface area contributed by atoms with Crippen LogP contribution in [-0.4, -0.2) is 80.4 Å². The zero-order valence-electron chi connectivity index (χ0n) is 17.8. The van der Waals surface area contributed by atoms with E-state index in [-0.39, 0.29) is 15.5 Å². The van der Waals surface area contributed by atoms with Gasteiger partial charge in [-0.1, -0.05) is 6.07 Å². The topological polar surface area (TPSA) is 140 Å². The Morgan fingerprint density at radius 3 is 2.24 bits per heavy atom. The molecule has 184 valence electrons. The summed E-state index contributed by atoms with van der Waals surface area (Å²) in [7, 11) is 0.107. The molecule has 0 bridgehead atoms. The molecule has 0 saturated carbocycles. The molecular formula is C18H23F3N4O6S2. The molecule has 3 N–H and O–H groups in total. The number of aromatic carboxylic acids is 1. The van der Waals surface area contributed by atoms with Gasteiger partial charge in [-0.15, -0.1) is 11.3 Å². The maximum atomic E-state index is 12.3. The molecule has 15 heteroatoms. The fourth-order valence-corrected chi connectivity index (χ4v) is 4.31. The van der Waals surface area contributed by atoms with Crippen LogP contribution in [-0.2, 0) is 14.8 Å². The van der Waals surface area contributed by atoms with E-state index in [4.69, 9.17) is 9.90 Å². The summed E-state index contributed by atoms with van der Waals surface area (Å²) in [5.74, 6) is -3.60. The predicted octanol–water partition coefficient (Wildman–Crippen LogP) is 2.66. The Bertz CT molecular complexity index is 1040. The van der Waals surface area contributed by atoms with Gasteiger partial charge in [0.2, 0.25) is 0 Å². The Morgan fingerprint density at radius 1 is 1.21 bits per heavy atom. The smallest absolute Gasteiger partial charge is 0.478 e. The fourth-order valence-electron chi connectivity index (χ4n) is 2.28. The number of hydrogen-bond acceptors (Lipinski definition) is 8. The number of anilines is 2. The number of aromatic nitrogens is 1. The van der Waals surface area contributed by atoms with E-state index in [0.717, 1.165) is 17.9 Å². The van der Waals surface area contributed by atoms with Gasteiger partial charge in [0.15, 0.2) is 0 Å². The summed E-state index contributed by atoms with van der Waals surface area (Å²) in [6, 6.07) is 4.41. The van der Waals surface area contributed by atoms with Crippen molar-refractivity contribution in [2.75, 3.05) is 43.4 Å². The van der Waals surface area contributed by atoms with Gasteiger partial charge in [0, 0.05) is 19.6 Å². The maximum absolute atomic E-state index is 12.3. The summed E-state index contributed by atoms with van der Waals surface area (Å²) in [5, 5.41) is 18.3. The highest BCUT2D eigenvalue weighted by Crippen LogP contribution is 2.24. The number of nitrogens with one attached hydrogen (secondary N) is 1. The molecule has 2 rings (SSSR count). The number of aliphatic carboxylic acids is 1. The third-order valence-electron chi connectivity index (χ3n) is 3.85. The van der Waals surface area contributed by atoms with Crippen molar-refractivity contribution in [1.29, 1.82) is 0 Å². The van der Waals surface area contributed by atoms with Gasteiger partial charge in [-0.05, 0) is 38.5 Å². The number of nitrogens with zero attached hydrogens (tertiary/aromatic N) is 3. The molecule has 0 amide bonds. The van der Waals surface area contributed by atoms with Gasteiger partial charge in [0.05, 0.1) is 11.9 Å². The third-order valence-corrected chi connectivity index (χ3v) is 6.63. The molecule has 2 aromatic heterocycles. The molecule has 0 fully saturated rings. The predicted molar refractivity (Wildman–Crippen MR) is 116 cm³/mol. The number of carboxylic acid groups (broad SMARTS) is 2. The maximum Gasteiger partial charge on any atom is 0.490 e. The Hall–Kier alpha value is -2.91. The van der Waals surface area contributed by atoms with E-state index in [1.165, 1.54) is 18.3 Å². The summed E-state index contributed by atoms with van der Waals surface area (Å²) >= 11 is 1.08. The van der Waals surface area contributed by atoms with Crippen LogP contribution in [0.4, 0.5) is 24.7 Å². The highest BCUT2D eigenvalue weighted by Gasteiger charge is 2.38. The minimum atomic E-state index is -5.08. The third kappa shape index (κ3) is 8.86. The number of sulfonamides is 1. The van der Waals surface area contributed by atoms with Crippen LogP contribution in [0.1, 0.15) is 17.3 Å². The van der Waals surface area contributed by atoms with Crippen molar-refractivity contribution in [3.8, 4) is 0 Å². The van der Waals surface area contributed by atoms with E-state index in [0.29, 0.717) is 18.9 Å². The average molecular weight is 513 g/mol. The van der Waals surface area contributed by atoms with Crippen molar-refractivity contribution >= 4 is 44.8 Å². The SMILES string of the molecule is CCN(CCN(C)C)c1ncc(NS(=O)(=O)c2cccs2)cc1C(=O)O.O=C(O)C(F)(F)F. The second-order valence-electron chi connectivity index (χ2n) is 6.62. The first-order valence-electron chi connectivity index (χ1n) is 9.18. The summed E-state index contributed by atoms with van der Waals surface area (Å²) in [6.45, 7) is 3.84. The van der Waals surface area contributed by atoms with Gasteiger partial charge < -0.3 is 20.0 Å². The molecule has 2 heterocycles. The Morgan fingerprint density at radius 2 is 1.82 bits per heavy atom. The molecule has 0 spiro atoms. The van der Waals surface area contributed by atoms with Crippen molar-refractivity contribution in [2.24, 2.45) is 0 Å². The van der Waals surface area contributed by atoms with Crippen molar-refractivity contribution < 1.29 is 41.4 Å². The Labute approximate surface area is 192 Å². The molecule has 2 aromatic rings. The van der Waals surface area contributed by atoms with Crippen LogP contribution in [0.3, 0.4) is 0 Å². The second-order valence-corrected chi connectivity index (χ2v) is 9.48. The molecule has 0 aliphatic rings. The molecule has 0 atom stereocenters. The van der Waals surface area contributed by atoms with Crippen LogP contribution in [0.5, 0.6) is 0 Å². The zero-order valence-corrected chi connectivity index (χ0v) is 19.5. The van der Waals surface area contributed by atoms with Crippen molar-refractivity contribution in [1.82, 2.24) is 9.88 Å². The molecule has 0 unspecified atom stereocenters. The van der Waals surface area contributed by atoms with Gasteiger partial charge in [0.1, 0.15) is 15.6 Å². The van der Waals surface area contributed by atoms with Crippen LogP contribution < -0.4 is 9.62 Å². The lowest BCUT2D eigenvalue weighted by Gasteiger charge is -2.25. The fraction of sp³-hybridized carbons (Fsp3) is 0.389. The number of rotatable bonds is 9. The summed E-state index contributed by atoms with van der Waals surface area (Å²) in [4.78, 5) is 28.6. The first kappa shape index (κ1) is 28.1. The lowest BCUT2D eigenvalue weighted by molar-refractivity contribution is -0.192. The lowest BCUT2D eigenvalue weighted by Crippen LogP contribution is -2.33. The first-order valence-corrected chi connectivity index (χ1v) is 11.5. The van der Waals surface area contributed by atoms with E-state index in [1.54, 1.807) is 11.4 Å². The van der Waals surface area contributed by atoms with Gasteiger partial charge in [-0.2, -0.15) is 13.2 Å². The molecule has 0 aliphatic carbocycles. The van der Waals surface area contributed by atoms with Crippen LogP contribution in [0.25, 0.3) is 0 Å². The van der Waals surface area contributed by atoms with Gasteiger partial charge in [-0.25, -0.2) is 23.0 Å². The lowest BCUT2D eigenvalue weighted by atomic mass is 10.2. The quantitative estimate of drug-likeness (QED) is 0.462. The largest absolute Gasteiger partial charge is 0.490 e. The number of carbonyl (C=O) groups is 2. The molecule has 33 heavy (non-hydrogen) atoms. The average Bonchev–Trinajstić information content (AvgIpc) is 3.24. The normalized spacial score (nSPS) is 11.5. The van der Waals surface area contributed by atoms with Gasteiger partial charge >= 0.3 is 18.1 Å². The zero-order chi connectivity index (χ0) is 25.4. The van der Waals surface area contributed by atoms with Crippen molar-refractivity contribution in [3.05, 3.63) is 35.3 Å². The van der Waals surface area contributed by atoms with Crippen LogP contribution in [0.15, 0.2) is 34.0 Å². The first-order chi connectivity index (χ1) is 15.2. The van der Waals surface area contributed by atoms with E-state index in [2.05, 4.69) is 9.71 Å². The van der Waals surface area contributed by atoms with Crippen LogP contribution >= 0.6 is 11.3 Å². The molecule has 0 aliphatic heterocycles. The minimum absolute atomic E-state index is 0.0445. The minimum Gasteiger partial charge on any atom is -0.478 e. The van der Waals surface area contributed by atoms with Crippen LogP contribution in [0.2, 0.25) is 0 Å². The van der Waals surface area contributed by atoms with Crippen molar-refractivity contribution in [2.45, 2.75) is 17.3 Å².